The summed E-state index contributed by atoms with van der Waals surface area (Å²) in [6, 6.07) is 0. The van der Waals surface area contributed by atoms with Gasteiger partial charge in [-0.3, -0.25) is 0 Å². The summed E-state index contributed by atoms with van der Waals surface area (Å²) in [5, 5.41) is 2.77. The van der Waals surface area contributed by atoms with Gasteiger partial charge in [-0.05, 0) is 6.42 Å². The van der Waals surface area contributed by atoms with E-state index in [0.717, 1.165) is 25.6 Å². The van der Waals surface area contributed by atoms with Crippen molar-refractivity contribution < 1.29 is 8.42 Å². The molecule has 0 aliphatic rings. The molecule has 5 heteroatoms. The van der Waals surface area contributed by atoms with Gasteiger partial charge in [0.15, 0.2) is 0 Å². The van der Waals surface area contributed by atoms with E-state index in [1.807, 2.05) is 0 Å². The maximum absolute atomic E-state index is 10.4. The van der Waals surface area contributed by atoms with Crippen LogP contribution in [0.4, 0.5) is 0 Å². The first kappa shape index (κ1) is 10.4. The molecule has 0 aromatic rings. The third-order valence-corrected chi connectivity index (χ3v) is 1.50. The fourth-order valence-electron chi connectivity index (χ4n) is 0.476. The summed E-state index contributed by atoms with van der Waals surface area (Å²) in [4.78, 5) is 0. The molecule has 0 spiro atoms. The molecular formula is C6H14N2O2S. The molecule has 0 amide bonds. The van der Waals surface area contributed by atoms with Crippen molar-refractivity contribution in [1.29, 1.82) is 0 Å². The summed E-state index contributed by atoms with van der Waals surface area (Å²) in [5.74, 6) is 0. The van der Waals surface area contributed by atoms with Crippen LogP contribution in [0.15, 0.2) is 4.40 Å². The number of nitrogens with one attached hydrogen (secondary N) is 1. The highest BCUT2D eigenvalue weighted by atomic mass is 32.2. The van der Waals surface area contributed by atoms with Gasteiger partial charge < -0.3 is 5.32 Å². The molecule has 0 atom stereocenters. The minimum atomic E-state index is -3.20. The topological polar surface area (TPSA) is 58.5 Å². The van der Waals surface area contributed by atoms with Crippen LogP contribution in [0.25, 0.3) is 0 Å². The van der Waals surface area contributed by atoms with Gasteiger partial charge in [0, 0.05) is 6.54 Å². The summed E-state index contributed by atoms with van der Waals surface area (Å²) in [6.07, 6.45) is 4.39. The number of nitrogens with zero attached hydrogens (tertiary/aromatic N) is 1. The predicted molar refractivity (Wildman–Crippen MR) is 46.2 cm³/mol. The Morgan fingerprint density at radius 1 is 1.55 bits per heavy atom. The van der Waals surface area contributed by atoms with Crippen molar-refractivity contribution in [1.82, 2.24) is 5.32 Å². The number of sulfonamides is 1. The second-order valence-electron chi connectivity index (χ2n) is 2.28. The van der Waals surface area contributed by atoms with Crippen LogP contribution < -0.4 is 5.32 Å². The lowest BCUT2D eigenvalue weighted by molar-refractivity contribution is 0.603. The Bertz CT molecular complexity index is 209. The largest absolute Gasteiger partial charge is 0.375 e. The Morgan fingerprint density at radius 2 is 2.18 bits per heavy atom. The summed E-state index contributed by atoms with van der Waals surface area (Å²) >= 11 is 0. The van der Waals surface area contributed by atoms with Crippen LogP contribution in [-0.2, 0) is 10.0 Å². The van der Waals surface area contributed by atoms with Gasteiger partial charge in [-0.15, -0.1) is 0 Å². The molecule has 0 radical (unpaired) electrons. The third kappa shape index (κ3) is 9.42. The second-order valence-corrected chi connectivity index (χ2v) is 3.95. The van der Waals surface area contributed by atoms with Crippen LogP contribution >= 0.6 is 0 Å². The minimum Gasteiger partial charge on any atom is -0.375 e. The quantitative estimate of drug-likeness (QED) is 0.376. The van der Waals surface area contributed by atoms with Crippen molar-refractivity contribution in [3.63, 3.8) is 0 Å². The van der Waals surface area contributed by atoms with Gasteiger partial charge >= 0.3 is 0 Å². The lowest BCUT2D eigenvalue weighted by Gasteiger charge is -1.94. The molecule has 4 nitrogen and oxygen atoms in total. The maximum atomic E-state index is 10.4. The highest BCUT2D eigenvalue weighted by molar-refractivity contribution is 7.89. The standard InChI is InChI=1S/C6H14N2O2S/c1-3-4-5-7-6-8-11(2,9)10/h6H,3-5H2,1-2H3,(H,7,8). The molecule has 0 saturated carbocycles. The average Bonchev–Trinajstić information content (AvgIpc) is 1.85. The predicted octanol–water partition coefficient (Wildman–Crippen LogP) is 0.364. The molecule has 0 aliphatic heterocycles. The molecule has 0 heterocycles. The van der Waals surface area contributed by atoms with E-state index in [-0.39, 0.29) is 0 Å². The van der Waals surface area contributed by atoms with E-state index in [0.29, 0.717) is 0 Å². The highest BCUT2D eigenvalue weighted by Gasteiger charge is 1.91. The van der Waals surface area contributed by atoms with Gasteiger partial charge in [-0.2, -0.15) is 4.40 Å². The fraction of sp³-hybridized carbons (Fsp3) is 0.833. The SMILES string of the molecule is CCCCN/C=N/S(C)(=O)=O. The summed E-state index contributed by atoms with van der Waals surface area (Å²) in [5.41, 5.74) is 0. The number of unbranched alkanes of at least 4 members (excludes halogenated alkanes) is 1. The van der Waals surface area contributed by atoms with Crippen LogP contribution in [0.3, 0.4) is 0 Å². The highest BCUT2D eigenvalue weighted by Crippen LogP contribution is 1.82. The van der Waals surface area contributed by atoms with Gasteiger partial charge in [0.25, 0.3) is 10.0 Å². The van der Waals surface area contributed by atoms with E-state index < -0.39 is 10.0 Å². The van der Waals surface area contributed by atoms with E-state index in [1.165, 1.54) is 6.34 Å². The maximum Gasteiger partial charge on any atom is 0.251 e. The van der Waals surface area contributed by atoms with E-state index >= 15 is 0 Å². The van der Waals surface area contributed by atoms with Crippen LogP contribution in [-0.4, -0.2) is 27.6 Å². The lowest BCUT2D eigenvalue weighted by Crippen LogP contribution is -2.13. The van der Waals surface area contributed by atoms with E-state index in [2.05, 4.69) is 16.6 Å². The Kier molecular flexibility index (Phi) is 4.85. The molecule has 0 rings (SSSR count). The van der Waals surface area contributed by atoms with E-state index in [1.54, 1.807) is 0 Å². The molecular weight excluding hydrogens is 164 g/mol. The van der Waals surface area contributed by atoms with Gasteiger partial charge in [-0.25, -0.2) is 8.42 Å². The second kappa shape index (κ2) is 5.12. The zero-order valence-corrected chi connectivity index (χ0v) is 7.69. The average molecular weight is 178 g/mol. The van der Waals surface area contributed by atoms with Crippen LogP contribution in [0.2, 0.25) is 0 Å². The Morgan fingerprint density at radius 3 is 2.64 bits per heavy atom. The first-order valence-electron chi connectivity index (χ1n) is 3.53. The summed E-state index contributed by atoms with van der Waals surface area (Å²) in [6.45, 7) is 2.84. The summed E-state index contributed by atoms with van der Waals surface area (Å²) in [7, 11) is -3.20. The fourth-order valence-corrected chi connectivity index (χ4v) is 0.742. The molecule has 11 heavy (non-hydrogen) atoms. The Hall–Kier alpha value is -0.580. The lowest BCUT2D eigenvalue weighted by atomic mass is 10.3. The summed E-state index contributed by atoms with van der Waals surface area (Å²) < 4.78 is 24.1. The van der Waals surface area contributed by atoms with Crippen molar-refractivity contribution in [3.05, 3.63) is 0 Å². The first-order chi connectivity index (χ1) is 5.06. The van der Waals surface area contributed by atoms with Crippen molar-refractivity contribution in [3.8, 4) is 0 Å². The number of hydrogen-bond donors (Lipinski definition) is 1. The third-order valence-electron chi connectivity index (χ3n) is 1.01. The van der Waals surface area contributed by atoms with Gasteiger partial charge in [0.1, 0.15) is 6.34 Å². The molecule has 0 bridgehead atoms. The molecule has 66 valence electrons. The normalized spacial score (nSPS) is 12.2. The van der Waals surface area contributed by atoms with Crippen LogP contribution in [0.1, 0.15) is 19.8 Å². The minimum absolute atomic E-state index is 0.773. The number of rotatable bonds is 5. The molecule has 0 aromatic carbocycles. The Balaban J connectivity index is 3.46. The Labute approximate surface area is 67.8 Å². The van der Waals surface area contributed by atoms with Crippen molar-refractivity contribution in [2.75, 3.05) is 12.8 Å². The molecule has 0 aliphatic carbocycles. The van der Waals surface area contributed by atoms with Crippen molar-refractivity contribution in [2.45, 2.75) is 19.8 Å². The van der Waals surface area contributed by atoms with Gasteiger partial charge in [0.2, 0.25) is 0 Å². The first-order valence-corrected chi connectivity index (χ1v) is 5.38. The van der Waals surface area contributed by atoms with Gasteiger partial charge in [0.05, 0.1) is 6.26 Å². The zero-order chi connectivity index (χ0) is 8.74. The molecule has 0 aromatic heterocycles. The zero-order valence-electron chi connectivity index (χ0n) is 6.87. The van der Waals surface area contributed by atoms with E-state index in [4.69, 9.17) is 0 Å². The van der Waals surface area contributed by atoms with Crippen LogP contribution in [0.5, 0.6) is 0 Å². The molecule has 0 unspecified atom stereocenters. The molecule has 1 N–H and O–H groups in total. The van der Waals surface area contributed by atoms with Crippen molar-refractivity contribution >= 4 is 16.4 Å². The monoisotopic (exact) mass is 178 g/mol. The van der Waals surface area contributed by atoms with Gasteiger partial charge in [-0.1, -0.05) is 13.3 Å². The smallest absolute Gasteiger partial charge is 0.251 e. The molecule has 0 saturated heterocycles. The number of hydrogen-bond acceptors (Lipinski definition) is 2. The molecule has 0 fully saturated rings. The van der Waals surface area contributed by atoms with Crippen molar-refractivity contribution in [2.24, 2.45) is 4.40 Å². The van der Waals surface area contributed by atoms with Crippen LogP contribution in [0, 0.1) is 0 Å². The van der Waals surface area contributed by atoms with E-state index in [9.17, 15) is 8.42 Å².